The molecule has 3 aromatic rings. The molecule has 32 heavy (non-hydrogen) atoms. The van der Waals surface area contributed by atoms with Crippen molar-refractivity contribution in [2.45, 2.75) is 25.9 Å². The second-order valence-electron chi connectivity index (χ2n) is 6.63. The van der Waals surface area contributed by atoms with Crippen LogP contribution in [0.15, 0.2) is 18.6 Å². The molecule has 0 saturated carbocycles. The molecule has 3 heterocycles. The smallest absolute Gasteiger partial charge is 0.283 e. The first kappa shape index (κ1) is 23.2. The van der Waals surface area contributed by atoms with E-state index in [-0.39, 0.29) is 17.9 Å². The van der Waals surface area contributed by atoms with Gasteiger partial charge >= 0.3 is 0 Å². The third kappa shape index (κ3) is 4.90. The van der Waals surface area contributed by atoms with E-state index in [1.54, 1.807) is 24.1 Å². The van der Waals surface area contributed by atoms with Gasteiger partial charge in [-0.2, -0.15) is 15.3 Å². The van der Waals surface area contributed by atoms with Crippen molar-refractivity contribution in [2.24, 2.45) is 14.1 Å². The summed E-state index contributed by atoms with van der Waals surface area (Å²) >= 11 is 5.57. The molecule has 0 aliphatic carbocycles. The van der Waals surface area contributed by atoms with E-state index in [1.807, 2.05) is 0 Å². The molecule has 0 aliphatic rings. The zero-order valence-corrected chi connectivity index (χ0v) is 17.4. The van der Waals surface area contributed by atoms with Crippen LogP contribution in [0.1, 0.15) is 40.3 Å². The Morgan fingerprint density at radius 3 is 2.44 bits per heavy atom. The highest BCUT2D eigenvalue weighted by Crippen LogP contribution is 2.34. The number of aromatic nitrogens is 6. The van der Waals surface area contributed by atoms with E-state index in [1.165, 1.54) is 17.9 Å². The first-order chi connectivity index (χ1) is 15.1. The highest BCUT2D eigenvalue weighted by atomic mass is 35.5. The Morgan fingerprint density at radius 1 is 1.12 bits per heavy atom. The lowest BCUT2D eigenvalue weighted by atomic mass is 10.3. The Kier molecular flexibility index (Phi) is 6.81. The first-order valence-electron chi connectivity index (χ1n) is 8.98. The molecule has 3 rings (SSSR count). The minimum atomic E-state index is -3.23. The number of anilines is 1. The largest absolute Gasteiger partial charge is 0.346 e. The topological polar surface area (TPSA) is 112 Å². The highest BCUT2D eigenvalue weighted by Gasteiger charge is 2.29. The minimum Gasteiger partial charge on any atom is -0.346 e. The number of amides is 2. The fraction of sp³-hybridized carbons (Fsp3) is 0.353. The summed E-state index contributed by atoms with van der Waals surface area (Å²) in [6.07, 6.45) is -1.98. The van der Waals surface area contributed by atoms with Gasteiger partial charge in [-0.25, -0.2) is 17.6 Å². The number of nitrogens with zero attached hydrogens (tertiary/aromatic N) is 6. The molecule has 172 valence electrons. The normalized spacial score (nSPS) is 11.4. The molecule has 10 nitrogen and oxygen atoms in total. The number of hydrogen-bond donors (Lipinski definition) is 2. The third-order valence-corrected chi connectivity index (χ3v) is 4.69. The Balaban J connectivity index is 1.74. The molecule has 0 fully saturated rings. The van der Waals surface area contributed by atoms with Crippen molar-refractivity contribution in [3.05, 3.63) is 46.3 Å². The number of carbonyl (C=O) groups excluding carboxylic acids is 2. The van der Waals surface area contributed by atoms with Crippen molar-refractivity contribution in [2.75, 3.05) is 5.32 Å². The monoisotopic (exact) mass is 476 g/mol. The van der Waals surface area contributed by atoms with Crippen molar-refractivity contribution in [1.29, 1.82) is 0 Å². The Morgan fingerprint density at radius 2 is 1.84 bits per heavy atom. The van der Waals surface area contributed by atoms with Crippen LogP contribution in [-0.4, -0.2) is 41.2 Å². The van der Waals surface area contributed by atoms with Gasteiger partial charge in [0.05, 0.1) is 23.1 Å². The van der Waals surface area contributed by atoms with E-state index in [2.05, 4.69) is 25.9 Å². The van der Waals surface area contributed by atoms with Crippen molar-refractivity contribution in [1.82, 2.24) is 34.7 Å². The van der Waals surface area contributed by atoms with Gasteiger partial charge in [-0.1, -0.05) is 11.6 Å². The van der Waals surface area contributed by atoms with Crippen LogP contribution in [0.2, 0.25) is 5.02 Å². The molecule has 2 N–H and O–H groups in total. The second-order valence-corrected chi connectivity index (χ2v) is 7.01. The summed E-state index contributed by atoms with van der Waals surface area (Å²) in [7, 11) is 3.18. The van der Waals surface area contributed by atoms with Crippen molar-refractivity contribution in [3.8, 4) is 0 Å². The van der Waals surface area contributed by atoms with Gasteiger partial charge in [0.15, 0.2) is 0 Å². The lowest BCUT2D eigenvalue weighted by molar-refractivity contribution is -0.117. The number of hydrogen-bond acceptors (Lipinski definition) is 5. The molecular formula is C17H17ClF4N8O2. The third-order valence-electron chi connectivity index (χ3n) is 4.30. The fourth-order valence-corrected chi connectivity index (χ4v) is 3.19. The Labute approximate surface area is 183 Å². The summed E-state index contributed by atoms with van der Waals surface area (Å²) in [6.45, 7) is -0.678. The second kappa shape index (κ2) is 9.38. The van der Waals surface area contributed by atoms with E-state index in [0.29, 0.717) is 4.68 Å². The van der Waals surface area contributed by atoms with E-state index in [4.69, 9.17) is 11.6 Å². The summed E-state index contributed by atoms with van der Waals surface area (Å²) < 4.78 is 55.6. The molecule has 0 radical (unpaired) electrons. The fourth-order valence-electron chi connectivity index (χ4n) is 2.89. The van der Waals surface area contributed by atoms with E-state index < -0.39 is 47.6 Å². The van der Waals surface area contributed by atoms with E-state index in [9.17, 15) is 27.2 Å². The summed E-state index contributed by atoms with van der Waals surface area (Å²) in [5, 5.41) is 15.3. The van der Waals surface area contributed by atoms with Crippen LogP contribution in [-0.2, 0) is 32.0 Å². The first-order valence-corrected chi connectivity index (χ1v) is 9.36. The predicted octanol–water partition coefficient (Wildman–Crippen LogP) is 2.45. The number of rotatable bonds is 8. The Bertz CT molecular complexity index is 1140. The van der Waals surface area contributed by atoms with Crippen LogP contribution < -0.4 is 10.6 Å². The lowest BCUT2D eigenvalue weighted by Crippen LogP contribution is -2.27. The molecule has 0 atom stereocenters. The van der Waals surface area contributed by atoms with E-state index in [0.717, 1.165) is 5.56 Å². The van der Waals surface area contributed by atoms with Crippen LogP contribution in [0.3, 0.4) is 0 Å². The number of alkyl halides is 4. The maximum absolute atomic E-state index is 13.2. The molecule has 2 amide bonds. The van der Waals surface area contributed by atoms with Crippen molar-refractivity contribution < 1.29 is 27.2 Å². The summed E-state index contributed by atoms with van der Waals surface area (Å²) in [6, 6.07) is 0. The molecule has 0 aliphatic heterocycles. The van der Waals surface area contributed by atoms with Crippen LogP contribution in [0.5, 0.6) is 0 Å². The summed E-state index contributed by atoms with van der Waals surface area (Å²) in [4.78, 5) is 25.0. The van der Waals surface area contributed by atoms with Crippen LogP contribution >= 0.6 is 11.6 Å². The minimum absolute atomic E-state index is 0.00730. The van der Waals surface area contributed by atoms with E-state index >= 15 is 0 Å². The molecule has 0 aromatic carbocycles. The van der Waals surface area contributed by atoms with Gasteiger partial charge in [-0.15, -0.1) is 0 Å². The molecule has 15 heteroatoms. The average molecular weight is 477 g/mol. The van der Waals surface area contributed by atoms with Gasteiger partial charge < -0.3 is 10.6 Å². The molecule has 0 bridgehead atoms. The molecule has 0 unspecified atom stereocenters. The van der Waals surface area contributed by atoms with Crippen LogP contribution in [0, 0.1) is 0 Å². The Hall–Kier alpha value is -3.42. The number of halogens is 5. The zero-order valence-electron chi connectivity index (χ0n) is 16.7. The van der Waals surface area contributed by atoms with Gasteiger partial charge in [-0.05, 0) is 0 Å². The zero-order chi connectivity index (χ0) is 23.6. The number of carbonyl (C=O) groups is 2. The maximum atomic E-state index is 13.2. The molecular weight excluding hydrogens is 460 g/mol. The van der Waals surface area contributed by atoms with Crippen molar-refractivity contribution >= 4 is 29.1 Å². The van der Waals surface area contributed by atoms with Gasteiger partial charge in [-0.3, -0.25) is 23.6 Å². The van der Waals surface area contributed by atoms with Gasteiger partial charge in [0, 0.05) is 32.4 Å². The number of aryl methyl sites for hydroxylation is 2. The quantitative estimate of drug-likeness (QED) is 0.485. The lowest BCUT2D eigenvalue weighted by Gasteiger charge is -2.10. The van der Waals surface area contributed by atoms with Gasteiger partial charge in [0.25, 0.3) is 18.8 Å². The average Bonchev–Trinajstić information content (AvgIpc) is 3.37. The highest BCUT2D eigenvalue weighted by molar-refractivity contribution is 6.32. The van der Waals surface area contributed by atoms with Crippen LogP contribution in [0.4, 0.5) is 23.2 Å². The summed E-state index contributed by atoms with van der Waals surface area (Å²) in [5.41, 5.74) is -1.34. The van der Waals surface area contributed by atoms with Gasteiger partial charge in [0.2, 0.25) is 5.91 Å². The maximum Gasteiger partial charge on any atom is 0.283 e. The van der Waals surface area contributed by atoms with Crippen LogP contribution in [0.25, 0.3) is 0 Å². The molecule has 3 aromatic heterocycles. The van der Waals surface area contributed by atoms with Gasteiger partial charge in [0.1, 0.15) is 23.6 Å². The predicted molar refractivity (Wildman–Crippen MR) is 103 cm³/mol. The summed E-state index contributed by atoms with van der Waals surface area (Å²) in [5.74, 6) is -1.47. The number of nitrogens with one attached hydrogen (secondary N) is 2. The van der Waals surface area contributed by atoms with Crippen molar-refractivity contribution in [3.63, 3.8) is 0 Å². The molecule has 0 saturated heterocycles. The SMILES string of the molecule is Cn1cc(CNC(=O)c2c(NC(=O)Cn3nc(C(F)F)c(Cl)c3C(F)F)cnn2C)cn1. The standard InChI is InChI=1S/C17H17ClF4N8O2/c1-28-6-8(4-24-28)3-23-17(32)13-9(5-25-29(13)2)26-10(31)7-30-14(16(21)22)11(18)12(27-30)15(19)20/h4-6,15-16H,3,7H2,1-2H3,(H,23,32)(H,26,31). The molecule has 0 spiro atoms.